The van der Waals surface area contributed by atoms with Gasteiger partial charge in [-0.15, -0.1) is 11.3 Å². The molecule has 4 aromatic heterocycles. The molecule has 16 nitrogen and oxygen atoms in total. The smallest absolute Gasteiger partial charge is 0.407 e. The third-order valence-corrected chi connectivity index (χ3v) is 15.1. The first-order valence-corrected chi connectivity index (χ1v) is 24.3. The largest absolute Gasteiger partial charge is 0.464 e. The molecule has 7 heterocycles. The molecular formula is C50H54F3N9O7S. The van der Waals surface area contributed by atoms with Gasteiger partial charge >= 0.3 is 12.2 Å². The Bertz CT molecular complexity index is 3010. The Kier molecular flexibility index (Phi) is 12.2. The van der Waals surface area contributed by atoms with Crippen molar-refractivity contribution in [2.45, 2.75) is 108 Å². The van der Waals surface area contributed by atoms with E-state index in [1.54, 1.807) is 28.6 Å². The van der Waals surface area contributed by atoms with Crippen molar-refractivity contribution >= 4 is 46.2 Å². The monoisotopic (exact) mass is 981 g/mol. The van der Waals surface area contributed by atoms with Crippen LogP contribution in [0.15, 0.2) is 60.9 Å². The maximum Gasteiger partial charge on any atom is 0.407 e. The van der Waals surface area contributed by atoms with Gasteiger partial charge < -0.3 is 44.6 Å². The van der Waals surface area contributed by atoms with E-state index in [4.69, 9.17) is 9.47 Å². The highest BCUT2D eigenvalue weighted by atomic mass is 32.1. The highest BCUT2D eigenvalue weighted by Gasteiger charge is 2.46. The van der Waals surface area contributed by atoms with E-state index in [2.05, 4.69) is 47.4 Å². The Hall–Kier alpha value is -6.83. The zero-order chi connectivity index (χ0) is 49.3. The number of thiophene rings is 1. The Balaban J connectivity index is 0.968. The third kappa shape index (κ3) is 8.63. The molecule has 368 valence electrons. The summed E-state index contributed by atoms with van der Waals surface area (Å²) in [6.45, 7) is 6.20. The number of imidazole rings is 2. The number of alkyl carbamates (subject to hydrolysis) is 2. The lowest BCUT2D eigenvalue weighted by Crippen LogP contribution is -2.57. The standard InChI is InChI=1S/C50H54F3N9O7S/c1-24(2)41(58-48(65)67-5)45(63)60-15-7-8-34(60)43-54-22-32(57-43)27-17-30(52)40-35-18-28-16-26(11-12-33(28)62(35)47(69-37(40)19-27)39-14-13-38(70-39)25-9-10-25)31-21-55-44(56-31)36-20-29(51)23-61(36)46(64)42(50(3,4)53)59-49(66)68-6/h11-14,16-19,21-22,24-25,29,34,36,41-42,47H,7-10,15,20,23H2,1-6H3,(H,54,57)(H,55,56)(H,58,65)(H,59,66)/t29-,34+,36+,41+,42+,47?/m1/s1. The van der Waals surface area contributed by atoms with Crippen LogP contribution in [-0.2, 0) is 19.1 Å². The first kappa shape index (κ1) is 46.9. The van der Waals surface area contributed by atoms with E-state index in [1.165, 1.54) is 23.0 Å². The van der Waals surface area contributed by atoms with Gasteiger partial charge in [0.15, 0.2) is 0 Å². The molecule has 4 aliphatic rings. The number of carbonyl (C=O) groups excluding carboxylic acids is 4. The second-order valence-corrected chi connectivity index (χ2v) is 20.5. The van der Waals surface area contributed by atoms with Crippen LogP contribution in [0.2, 0.25) is 0 Å². The number of ether oxygens (including phenoxy) is 3. The number of nitrogens with one attached hydrogen (secondary N) is 4. The second-order valence-electron chi connectivity index (χ2n) is 19.4. The molecule has 20 heteroatoms. The van der Waals surface area contributed by atoms with Gasteiger partial charge in [-0.05, 0) is 93.8 Å². The number of hydrogen-bond acceptors (Lipinski definition) is 10. The van der Waals surface area contributed by atoms with Crippen LogP contribution in [0.25, 0.3) is 44.7 Å². The highest BCUT2D eigenvalue weighted by molar-refractivity contribution is 7.12. The van der Waals surface area contributed by atoms with E-state index in [1.807, 2.05) is 48.7 Å². The molecule has 4 N–H and O–H groups in total. The highest BCUT2D eigenvalue weighted by Crippen LogP contribution is 2.50. The van der Waals surface area contributed by atoms with Gasteiger partial charge in [0.1, 0.15) is 47.1 Å². The molecule has 6 atom stereocenters. The molecule has 4 amide bonds. The zero-order valence-corrected chi connectivity index (χ0v) is 40.3. The quantitative estimate of drug-likeness (QED) is 0.0927. The van der Waals surface area contributed by atoms with E-state index in [0.717, 1.165) is 61.6 Å². The maximum absolute atomic E-state index is 16.9. The number of likely N-dealkylation sites (tertiary alicyclic amines) is 2. The third-order valence-electron chi connectivity index (χ3n) is 13.8. The van der Waals surface area contributed by atoms with E-state index in [0.29, 0.717) is 58.9 Å². The van der Waals surface area contributed by atoms with Gasteiger partial charge in [-0.2, -0.15) is 0 Å². The second kappa shape index (κ2) is 18.2. The maximum atomic E-state index is 16.9. The topological polar surface area (TPSA) is 189 Å². The average Bonchev–Trinajstić information content (AvgIpc) is 4.03. The summed E-state index contributed by atoms with van der Waals surface area (Å²) in [6, 6.07) is 11.5. The van der Waals surface area contributed by atoms with Crippen molar-refractivity contribution in [1.82, 2.24) is 44.9 Å². The lowest BCUT2D eigenvalue weighted by atomic mass is 9.99. The summed E-state index contributed by atoms with van der Waals surface area (Å²) in [5, 5.41) is 5.72. The van der Waals surface area contributed by atoms with Gasteiger partial charge in [-0.3, -0.25) is 14.2 Å². The van der Waals surface area contributed by atoms with Crippen molar-refractivity contribution in [1.29, 1.82) is 0 Å². The van der Waals surface area contributed by atoms with Crippen LogP contribution in [0.5, 0.6) is 5.75 Å². The average molecular weight is 982 g/mol. The fraction of sp³-hybridized carbons (Fsp3) is 0.440. The summed E-state index contributed by atoms with van der Waals surface area (Å²) in [4.78, 5) is 72.8. The van der Waals surface area contributed by atoms with Crippen LogP contribution in [-0.4, -0.2) is 110 Å². The van der Waals surface area contributed by atoms with Gasteiger partial charge in [0.2, 0.25) is 18.0 Å². The van der Waals surface area contributed by atoms with Crippen LogP contribution in [0, 0.1) is 11.7 Å². The van der Waals surface area contributed by atoms with Crippen LogP contribution >= 0.6 is 11.3 Å². The lowest BCUT2D eigenvalue weighted by molar-refractivity contribution is -0.138. The molecule has 0 spiro atoms. The number of hydrogen-bond donors (Lipinski definition) is 4. The summed E-state index contributed by atoms with van der Waals surface area (Å²) >= 11 is 1.68. The number of H-pyrrole nitrogens is 2. The number of fused-ring (bicyclic) bond motifs is 5. The number of aromatic nitrogens is 5. The van der Waals surface area contributed by atoms with Crippen molar-refractivity contribution in [3.8, 4) is 39.5 Å². The number of nitrogens with zero attached hydrogens (tertiary/aromatic N) is 5. The minimum atomic E-state index is -2.19. The molecule has 1 saturated carbocycles. The summed E-state index contributed by atoms with van der Waals surface area (Å²) in [6.07, 6.45) is 3.07. The number of alkyl halides is 2. The Morgan fingerprint density at radius 2 is 1.54 bits per heavy atom. The van der Waals surface area contributed by atoms with Crippen molar-refractivity contribution < 1.29 is 46.6 Å². The van der Waals surface area contributed by atoms with Gasteiger partial charge in [0.25, 0.3) is 0 Å². The van der Waals surface area contributed by atoms with Crippen molar-refractivity contribution in [3.63, 3.8) is 0 Å². The molecule has 70 heavy (non-hydrogen) atoms. The molecule has 3 aliphatic heterocycles. The normalized spacial score (nSPS) is 20.8. The molecule has 10 rings (SSSR count). The number of methoxy groups -OCH3 is 2. The first-order valence-electron chi connectivity index (χ1n) is 23.5. The van der Waals surface area contributed by atoms with Crippen molar-refractivity contribution in [2.75, 3.05) is 27.3 Å². The number of benzene rings is 2. The van der Waals surface area contributed by atoms with Crippen LogP contribution in [0.1, 0.15) is 105 Å². The fourth-order valence-corrected chi connectivity index (χ4v) is 11.2. The fourth-order valence-electron chi connectivity index (χ4n) is 10.0. The van der Waals surface area contributed by atoms with E-state index in [9.17, 15) is 19.2 Å². The van der Waals surface area contributed by atoms with Gasteiger partial charge in [-0.1, -0.05) is 19.9 Å². The molecule has 6 aromatic rings. The Morgan fingerprint density at radius 1 is 0.857 bits per heavy atom. The van der Waals surface area contributed by atoms with Gasteiger partial charge in [-0.25, -0.2) is 32.7 Å². The molecule has 1 unspecified atom stereocenters. The summed E-state index contributed by atoms with van der Waals surface area (Å²) in [5.74, 6) is -0.0403. The molecule has 1 aliphatic carbocycles. The molecule has 3 fully saturated rings. The summed E-state index contributed by atoms with van der Waals surface area (Å²) in [7, 11) is 2.36. The molecular weight excluding hydrogens is 928 g/mol. The number of amides is 4. The number of carbonyl (C=O) groups is 4. The number of halogens is 3. The SMILES string of the molecule is COC(=O)N[C@H](C(=O)N1CCC[C@H]1c1ncc(-c2cc(F)c3c(c2)OC(c2ccc(C4CC4)s2)n2c-3cc3cc(-c4cnc([C@@H]5C[C@@H](F)CN5C(=O)[C@H](NC(=O)OC)C(C)(C)F)[nH]4)ccc32)[nH]1)C(C)C. The van der Waals surface area contributed by atoms with Crippen molar-refractivity contribution in [3.05, 3.63) is 88.1 Å². The van der Waals surface area contributed by atoms with Crippen molar-refractivity contribution in [2.24, 2.45) is 5.92 Å². The van der Waals surface area contributed by atoms with Gasteiger partial charge in [0.05, 0.1) is 78.3 Å². The van der Waals surface area contributed by atoms with Crippen LogP contribution < -0.4 is 15.4 Å². The summed E-state index contributed by atoms with van der Waals surface area (Å²) < 4.78 is 65.6. The van der Waals surface area contributed by atoms with Gasteiger partial charge in [0, 0.05) is 34.4 Å². The Labute approximate surface area is 405 Å². The lowest BCUT2D eigenvalue weighted by Gasteiger charge is -2.32. The van der Waals surface area contributed by atoms with Crippen LogP contribution in [0.4, 0.5) is 22.8 Å². The Morgan fingerprint density at radius 3 is 2.23 bits per heavy atom. The van der Waals surface area contributed by atoms with Crippen LogP contribution in [0.3, 0.4) is 0 Å². The first-order chi connectivity index (χ1) is 33.5. The number of rotatable bonds is 12. The molecule has 0 bridgehead atoms. The van der Waals surface area contributed by atoms with E-state index < -0.39 is 60.1 Å². The minimum Gasteiger partial charge on any atom is -0.464 e. The predicted molar refractivity (Wildman–Crippen MR) is 254 cm³/mol. The van der Waals surface area contributed by atoms with E-state index >= 15 is 13.2 Å². The van der Waals surface area contributed by atoms with E-state index in [-0.39, 0.29) is 36.4 Å². The molecule has 2 aromatic carbocycles. The summed E-state index contributed by atoms with van der Waals surface area (Å²) in [5.41, 5.74) is 1.84. The minimum absolute atomic E-state index is 0.0843. The molecule has 0 radical (unpaired) electrons. The predicted octanol–water partition coefficient (Wildman–Crippen LogP) is 9.23. The number of aromatic amines is 2. The zero-order valence-electron chi connectivity index (χ0n) is 39.5. The molecule has 2 saturated heterocycles.